The normalized spacial score (nSPS) is 8.59. The van der Waals surface area contributed by atoms with E-state index < -0.39 is 7.25 Å². The fraction of sp³-hybridized carbons (Fsp3) is 0.0556. The van der Waals surface area contributed by atoms with Crippen molar-refractivity contribution in [2.24, 2.45) is 0 Å². The van der Waals surface area contributed by atoms with Crippen molar-refractivity contribution in [3.63, 3.8) is 0 Å². The smallest absolute Gasteiger partial charge is 0.418 e. The van der Waals surface area contributed by atoms with E-state index in [9.17, 15) is 17.3 Å². The quantitative estimate of drug-likeness (QED) is 0.228. The van der Waals surface area contributed by atoms with E-state index in [4.69, 9.17) is 5.26 Å². The van der Waals surface area contributed by atoms with E-state index in [2.05, 4.69) is 16.0 Å². The largest absolute Gasteiger partial charge is 2.00 e. The van der Waals surface area contributed by atoms with E-state index in [1.807, 2.05) is 66.7 Å². The average molecular weight is 556 g/mol. The third kappa shape index (κ3) is 19.7. The Hall–Kier alpha value is -2.52. The van der Waals surface area contributed by atoms with Crippen LogP contribution in [0.3, 0.4) is 0 Å². The molecule has 0 unspecified atom stereocenters. The molecular formula is C18H16BF4N3Pt. The minimum Gasteiger partial charge on any atom is -0.418 e. The summed E-state index contributed by atoms with van der Waals surface area (Å²) in [6.45, 7) is 1.43. The number of rotatable bonds is 1. The van der Waals surface area contributed by atoms with Crippen molar-refractivity contribution in [1.29, 1.82) is 5.26 Å². The molecule has 0 atom stereocenters. The van der Waals surface area contributed by atoms with Gasteiger partial charge in [-0.05, 0) is 24.3 Å². The second-order valence-electron chi connectivity index (χ2n) is 4.23. The van der Waals surface area contributed by atoms with Crippen LogP contribution in [0.4, 0.5) is 17.3 Å². The van der Waals surface area contributed by atoms with Gasteiger partial charge in [-0.2, -0.15) is 41.7 Å². The van der Waals surface area contributed by atoms with Crippen LogP contribution in [0.2, 0.25) is 0 Å². The van der Waals surface area contributed by atoms with E-state index in [-0.39, 0.29) is 21.1 Å². The van der Waals surface area contributed by atoms with E-state index in [1.54, 1.807) is 18.5 Å². The molecule has 3 rings (SSSR count). The molecule has 0 aliphatic heterocycles. The third-order valence-corrected chi connectivity index (χ3v) is 2.20. The minimum atomic E-state index is -6.00. The van der Waals surface area contributed by atoms with Crippen molar-refractivity contribution < 1.29 is 38.3 Å². The SMILES string of the molecule is CC#N.F[B-](F)(F)F.[Pt+2].[c-]1ccccc1.c1ccc(-c2ccccn2)nc1. The molecule has 9 heteroatoms. The number of hydrogen-bond donors (Lipinski definition) is 0. The molecule has 0 fully saturated rings. The Kier molecular flexibility index (Phi) is 16.7. The second kappa shape index (κ2) is 16.9. The summed E-state index contributed by atoms with van der Waals surface area (Å²) >= 11 is 0. The Morgan fingerprint density at radius 3 is 1.37 bits per heavy atom. The molecule has 3 nitrogen and oxygen atoms in total. The zero-order chi connectivity index (χ0) is 19.7. The van der Waals surface area contributed by atoms with Crippen LogP contribution in [0.15, 0.2) is 79.1 Å². The van der Waals surface area contributed by atoms with Crippen LogP contribution < -0.4 is 0 Å². The van der Waals surface area contributed by atoms with Crippen molar-refractivity contribution in [3.05, 3.63) is 85.2 Å². The third-order valence-electron chi connectivity index (χ3n) is 2.20. The van der Waals surface area contributed by atoms with Crippen molar-refractivity contribution in [2.45, 2.75) is 6.92 Å². The molecule has 0 aliphatic rings. The number of hydrogen-bond acceptors (Lipinski definition) is 3. The molecule has 0 bridgehead atoms. The zero-order valence-electron chi connectivity index (χ0n) is 14.3. The second-order valence-corrected chi connectivity index (χ2v) is 4.23. The standard InChI is InChI=1S/C10H8N2.C6H5.C2H3N.BF4.Pt/c1-3-7-11-9(5-1)10-6-2-4-8-12-10;1-2-4-6-5-3-1;1-2-3;2-1(3,4)5;/h1-8H;1-5H;1H3;;/q;-1;;-1;+2. The van der Waals surface area contributed by atoms with E-state index in [0.717, 1.165) is 11.4 Å². The number of pyridine rings is 2. The molecule has 2 heterocycles. The average Bonchev–Trinajstić information content (AvgIpc) is 2.65. The maximum atomic E-state index is 9.75. The molecule has 144 valence electrons. The molecule has 1 aromatic carbocycles. The number of nitrogens with zero attached hydrogens (tertiary/aromatic N) is 3. The van der Waals surface area contributed by atoms with Crippen LogP contribution in [-0.4, -0.2) is 17.2 Å². The first-order chi connectivity index (χ1) is 12.4. The summed E-state index contributed by atoms with van der Waals surface area (Å²) in [7, 11) is -6.00. The summed E-state index contributed by atoms with van der Waals surface area (Å²) in [6.07, 6.45) is 3.54. The Morgan fingerprint density at radius 1 is 0.815 bits per heavy atom. The predicted octanol–water partition coefficient (Wildman–Crippen LogP) is 5.46. The molecule has 0 spiro atoms. The molecule has 0 N–H and O–H groups in total. The van der Waals surface area contributed by atoms with Gasteiger partial charge in [-0.25, -0.2) is 0 Å². The Balaban J connectivity index is 0. The van der Waals surface area contributed by atoms with Gasteiger partial charge < -0.3 is 17.3 Å². The number of aromatic nitrogens is 2. The Labute approximate surface area is 170 Å². The van der Waals surface area contributed by atoms with Crippen LogP contribution in [0.1, 0.15) is 6.92 Å². The summed E-state index contributed by atoms with van der Waals surface area (Å²) in [5, 5.41) is 7.32. The predicted molar refractivity (Wildman–Crippen MR) is 94.2 cm³/mol. The molecule has 0 saturated carbocycles. The van der Waals surface area contributed by atoms with Gasteiger partial charge in [-0.15, -0.1) is 0 Å². The first-order valence-corrected chi connectivity index (χ1v) is 7.30. The Bertz CT molecular complexity index is 654. The van der Waals surface area contributed by atoms with Crippen LogP contribution in [0, 0.1) is 17.4 Å². The first-order valence-electron chi connectivity index (χ1n) is 7.30. The number of benzene rings is 1. The van der Waals surface area contributed by atoms with Crippen molar-refractivity contribution in [1.82, 2.24) is 9.97 Å². The molecule has 2 aromatic heterocycles. The summed E-state index contributed by atoms with van der Waals surface area (Å²) in [5.41, 5.74) is 1.83. The van der Waals surface area contributed by atoms with Crippen LogP contribution in [0.25, 0.3) is 11.4 Å². The van der Waals surface area contributed by atoms with Gasteiger partial charge in [0.15, 0.2) is 0 Å². The van der Waals surface area contributed by atoms with Gasteiger partial charge in [0.2, 0.25) is 0 Å². The van der Waals surface area contributed by atoms with Crippen LogP contribution >= 0.6 is 0 Å². The summed E-state index contributed by atoms with van der Waals surface area (Å²) in [5.74, 6) is 0. The van der Waals surface area contributed by atoms with Crippen molar-refractivity contribution >= 4 is 7.25 Å². The fourth-order valence-corrected chi connectivity index (χ4v) is 1.37. The zero-order valence-corrected chi connectivity index (χ0v) is 16.5. The van der Waals surface area contributed by atoms with E-state index in [1.165, 1.54) is 6.92 Å². The summed E-state index contributed by atoms with van der Waals surface area (Å²) < 4.78 is 39.0. The van der Waals surface area contributed by atoms with Gasteiger partial charge in [-0.3, -0.25) is 9.97 Å². The summed E-state index contributed by atoms with van der Waals surface area (Å²) in [6, 6.07) is 25.8. The summed E-state index contributed by atoms with van der Waals surface area (Å²) in [4.78, 5) is 8.37. The Morgan fingerprint density at radius 2 is 1.19 bits per heavy atom. The van der Waals surface area contributed by atoms with Gasteiger partial charge in [0.25, 0.3) is 0 Å². The van der Waals surface area contributed by atoms with Gasteiger partial charge >= 0.3 is 28.3 Å². The maximum Gasteiger partial charge on any atom is 2.00 e. The molecule has 27 heavy (non-hydrogen) atoms. The van der Waals surface area contributed by atoms with E-state index >= 15 is 0 Å². The maximum absolute atomic E-state index is 9.75. The molecule has 0 amide bonds. The van der Waals surface area contributed by atoms with Crippen molar-refractivity contribution in [2.75, 3.05) is 0 Å². The van der Waals surface area contributed by atoms with Crippen molar-refractivity contribution in [3.8, 4) is 17.5 Å². The fourth-order valence-electron chi connectivity index (χ4n) is 1.37. The number of halogens is 4. The van der Waals surface area contributed by atoms with Gasteiger partial charge in [0.05, 0.1) is 17.5 Å². The molecule has 0 saturated heterocycles. The minimum absolute atomic E-state index is 0. The number of nitriles is 1. The monoisotopic (exact) mass is 556 g/mol. The van der Waals surface area contributed by atoms with E-state index in [0.29, 0.717) is 0 Å². The van der Waals surface area contributed by atoms with Gasteiger partial charge in [0.1, 0.15) is 0 Å². The molecule has 0 radical (unpaired) electrons. The first kappa shape index (κ1) is 26.7. The van der Waals surface area contributed by atoms with Crippen LogP contribution in [-0.2, 0) is 21.1 Å². The molecular weight excluding hydrogens is 540 g/mol. The van der Waals surface area contributed by atoms with Gasteiger partial charge in [0, 0.05) is 19.3 Å². The molecule has 3 aromatic rings. The van der Waals surface area contributed by atoms with Crippen LogP contribution in [0.5, 0.6) is 0 Å². The van der Waals surface area contributed by atoms with Gasteiger partial charge in [-0.1, -0.05) is 12.1 Å². The topological polar surface area (TPSA) is 49.6 Å². The molecule has 0 aliphatic carbocycles.